The number of anilines is 1. The van der Waals surface area contributed by atoms with E-state index in [2.05, 4.69) is 29.2 Å². The first-order valence-corrected chi connectivity index (χ1v) is 10.2. The van der Waals surface area contributed by atoms with Gasteiger partial charge in [-0.15, -0.1) is 0 Å². The van der Waals surface area contributed by atoms with E-state index in [-0.39, 0.29) is 12.0 Å². The number of carbonyl (C=O) groups is 1. The molecule has 5 heteroatoms. The molecule has 2 aromatic carbocycles. The summed E-state index contributed by atoms with van der Waals surface area (Å²) in [6.45, 7) is 4.89. The molecule has 0 bridgehead atoms. The van der Waals surface area contributed by atoms with Crippen molar-refractivity contribution < 1.29 is 14.3 Å². The smallest absolute Gasteiger partial charge is 0.227 e. The van der Waals surface area contributed by atoms with Crippen molar-refractivity contribution in [2.45, 2.75) is 25.4 Å². The number of carbonyl (C=O) groups excluding carboxylic acids is 1. The molecule has 0 N–H and O–H groups in total. The van der Waals surface area contributed by atoms with Crippen molar-refractivity contribution in [2.24, 2.45) is 0 Å². The van der Waals surface area contributed by atoms with Gasteiger partial charge in [0, 0.05) is 25.3 Å². The lowest BCUT2D eigenvalue weighted by molar-refractivity contribution is -0.133. The molecule has 1 atom stereocenters. The maximum atomic E-state index is 12.8. The number of hydrogen-bond acceptors (Lipinski definition) is 4. The molecule has 1 unspecified atom stereocenters. The molecule has 1 amide bonds. The van der Waals surface area contributed by atoms with Crippen molar-refractivity contribution >= 4 is 11.6 Å². The van der Waals surface area contributed by atoms with Gasteiger partial charge in [-0.1, -0.05) is 30.3 Å². The second-order valence-corrected chi connectivity index (χ2v) is 7.48. The van der Waals surface area contributed by atoms with Crippen molar-refractivity contribution in [3.8, 4) is 5.75 Å². The van der Waals surface area contributed by atoms with Gasteiger partial charge < -0.3 is 19.3 Å². The molecule has 148 valence electrons. The van der Waals surface area contributed by atoms with Gasteiger partial charge in [-0.05, 0) is 42.7 Å². The van der Waals surface area contributed by atoms with Gasteiger partial charge in [-0.25, -0.2) is 0 Å². The Bertz CT molecular complexity index is 757. The van der Waals surface area contributed by atoms with Crippen molar-refractivity contribution in [3.05, 3.63) is 60.2 Å². The van der Waals surface area contributed by atoms with E-state index in [0.29, 0.717) is 13.0 Å². The Morgan fingerprint density at radius 1 is 1.00 bits per heavy atom. The molecule has 5 nitrogen and oxygen atoms in total. The Kier molecular flexibility index (Phi) is 6.12. The van der Waals surface area contributed by atoms with Crippen LogP contribution in [0.2, 0.25) is 0 Å². The SMILES string of the molecule is O=C(Cc1ccc(N2CCOCC2)cc1)N1CCCC(Oc2ccccc2)C1. The van der Waals surface area contributed by atoms with Crippen LogP contribution in [0.4, 0.5) is 5.69 Å². The summed E-state index contributed by atoms with van der Waals surface area (Å²) in [7, 11) is 0. The molecule has 4 rings (SSSR count). The fourth-order valence-electron chi connectivity index (χ4n) is 3.89. The number of ether oxygens (including phenoxy) is 2. The first kappa shape index (κ1) is 18.8. The molecule has 0 aliphatic carbocycles. The molecule has 0 aromatic heterocycles. The molecule has 2 saturated heterocycles. The fourth-order valence-corrected chi connectivity index (χ4v) is 3.89. The van der Waals surface area contributed by atoms with Crippen LogP contribution < -0.4 is 9.64 Å². The minimum Gasteiger partial charge on any atom is -0.489 e. The maximum Gasteiger partial charge on any atom is 0.227 e. The average molecular weight is 380 g/mol. The van der Waals surface area contributed by atoms with Crippen LogP contribution in [0, 0.1) is 0 Å². The number of likely N-dealkylation sites (tertiary alicyclic amines) is 1. The van der Waals surface area contributed by atoms with Crippen LogP contribution in [0.5, 0.6) is 5.75 Å². The molecule has 2 aliphatic heterocycles. The molecule has 2 aliphatic rings. The quantitative estimate of drug-likeness (QED) is 0.799. The summed E-state index contributed by atoms with van der Waals surface area (Å²) >= 11 is 0. The average Bonchev–Trinajstić information content (AvgIpc) is 2.76. The van der Waals surface area contributed by atoms with Crippen LogP contribution in [0.15, 0.2) is 54.6 Å². The van der Waals surface area contributed by atoms with E-state index in [4.69, 9.17) is 9.47 Å². The Hall–Kier alpha value is -2.53. The number of hydrogen-bond donors (Lipinski definition) is 0. The number of amides is 1. The number of morpholine rings is 1. The minimum atomic E-state index is 0.0730. The van der Waals surface area contributed by atoms with E-state index in [0.717, 1.165) is 57.0 Å². The second kappa shape index (κ2) is 9.11. The molecular formula is C23H28N2O3. The highest BCUT2D eigenvalue weighted by Gasteiger charge is 2.25. The van der Waals surface area contributed by atoms with E-state index >= 15 is 0 Å². The van der Waals surface area contributed by atoms with Gasteiger partial charge >= 0.3 is 0 Å². The molecule has 28 heavy (non-hydrogen) atoms. The molecular weight excluding hydrogens is 352 g/mol. The predicted molar refractivity (Wildman–Crippen MR) is 110 cm³/mol. The number of para-hydroxylation sites is 1. The monoisotopic (exact) mass is 380 g/mol. The molecule has 2 heterocycles. The highest BCUT2D eigenvalue weighted by atomic mass is 16.5. The van der Waals surface area contributed by atoms with E-state index < -0.39 is 0 Å². The van der Waals surface area contributed by atoms with E-state index in [1.54, 1.807) is 0 Å². The van der Waals surface area contributed by atoms with Gasteiger partial charge in [-0.3, -0.25) is 4.79 Å². The summed E-state index contributed by atoms with van der Waals surface area (Å²) in [5, 5.41) is 0. The molecule has 0 saturated carbocycles. The highest BCUT2D eigenvalue weighted by Crippen LogP contribution is 2.20. The minimum absolute atomic E-state index is 0.0730. The third-order valence-corrected chi connectivity index (χ3v) is 5.44. The topological polar surface area (TPSA) is 42.0 Å². The zero-order chi connectivity index (χ0) is 19.2. The van der Waals surface area contributed by atoms with Gasteiger partial charge in [0.15, 0.2) is 0 Å². The van der Waals surface area contributed by atoms with Crippen LogP contribution >= 0.6 is 0 Å². The lowest BCUT2D eigenvalue weighted by atomic mass is 10.1. The Morgan fingerprint density at radius 2 is 1.75 bits per heavy atom. The second-order valence-electron chi connectivity index (χ2n) is 7.48. The summed E-state index contributed by atoms with van der Waals surface area (Å²) in [5.74, 6) is 1.06. The lowest BCUT2D eigenvalue weighted by Gasteiger charge is -2.33. The Morgan fingerprint density at radius 3 is 2.50 bits per heavy atom. The lowest BCUT2D eigenvalue weighted by Crippen LogP contribution is -2.45. The molecule has 0 radical (unpaired) electrons. The summed E-state index contributed by atoms with van der Waals surface area (Å²) in [6.07, 6.45) is 2.50. The van der Waals surface area contributed by atoms with Crippen molar-refractivity contribution in [3.63, 3.8) is 0 Å². The number of rotatable bonds is 5. The van der Waals surface area contributed by atoms with Gasteiger partial charge in [0.25, 0.3) is 0 Å². The zero-order valence-corrected chi connectivity index (χ0v) is 16.3. The Labute approximate surface area is 166 Å². The van der Waals surface area contributed by atoms with Crippen molar-refractivity contribution in [2.75, 3.05) is 44.3 Å². The fraction of sp³-hybridized carbons (Fsp3) is 0.435. The summed E-state index contributed by atoms with van der Waals surface area (Å²) in [6, 6.07) is 18.2. The largest absolute Gasteiger partial charge is 0.489 e. The third kappa shape index (κ3) is 4.84. The normalized spacial score (nSPS) is 20.1. The van der Waals surface area contributed by atoms with Gasteiger partial charge in [-0.2, -0.15) is 0 Å². The highest BCUT2D eigenvalue weighted by molar-refractivity contribution is 5.79. The standard InChI is InChI=1S/C23H28N2O3/c26-23(17-19-8-10-20(11-9-19)24-13-15-27-16-14-24)25-12-4-7-22(18-25)28-21-5-2-1-3-6-21/h1-3,5-6,8-11,22H,4,7,12-18H2. The predicted octanol–water partition coefficient (Wildman–Crippen LogP) is 3.14. The number of benzene rings is 2. The van der Waals surface area contributed by atoms with Crippen LogP contribution in [0.3, 0.4) is 0 Å². The van der Waals surface area contributed by atoms with E-state index in [9.17, 15) is 4.79 Å². The molecule has 2 aromatic rings. The maximum absolute atomic E-state index is 12.8. The zero-order valence-electron chi connectivity index (χ0n) is 16.3. The van der Waals surface area contributed by atoms with Gasteiger partial charge in [0.05, 0.1) is 26.2 Å². The van der Waals surface area contributed by atoms with Crippen molar-refractivity contribution in [1.29, 1.82) is 0 Å². The molecule has 2 fully saturated rings. The summed E-state index contributed by atoms with van der Waals surface area (Å²) < 4.78 is 11.5. The van der Waals surface area contributed by atoms with Crippen LogP contribution in [-0.2, 0) is 16.0 Å². The van der Waals surface area contributed by atoms with Crippen LogP contribution in [-0.4, -0.2) is 56.3 Å². The first-order valence-electron chi connectivity index (χ1n) is 10.2. The van der Waals surface area contributed by atoms with Gasteiger partial charge in [0.2, 0.25) is 5.91 Å². The number of nitrogens with zero attached hydrogens (tertiary/aromatic N) is 2. The van der Waals surface area contributed by atoms with Gasteiger partial charge in [0.1, 0.15) is 11.9 Å². The third-order valence-electron chi connectivity index (χ3n) is 5.44. The molecule has 0 spiro atoms. The summed E-state index contributed by atoms with van der Waals surface area (Å²) in [5.41, 5.74) is 2.27. The van der Waals surface area contributed by atoms with Crippen molar-refractivity contribution in [1.82, 2.24) is 4.90 Å². The van der Waals surface area contributed by atoms with Crippen LogP contribution in [0.1, 0.15) is 18.4 Å². The number of piperidine rings is 1. The first-order chi connectivity index (χ1) is 13.8. The van der Waals surface area contributed by atoms with E-state index in [1.807, 2.05) is 35.2 Å². The van der Waals surface area contributed by atoms with E-state index in [1.165, 1.54) is 5.69 Å². The van der Waals surface area contributed by atoms with Crippen LogP contribution in [0.25, 0.3) is 0 Å². The summed E-state index contributed by atoms with van der Waals surface area (Å²) in [4.78, 5) is 17.1. The Balaban J connectivity index is 1.31.